The first-order chi connectivity index (χ1) is 11.0. The lowest BCUT2D eigenvalue weighted by Crippen LogP contribution is -2.03. The third kappa shape index (κ3) is 4.93. The summed E-state index contributed by atoms with van der Waals surface area (Å²) in [4.78, 5) is 0. The molecule has 2 rings (SSSR count). The molecular weight excluding hydrogens is 401 g/mol. The number of ether oxygens (including phenoxy) is 2. The van der Waals surface area contributed by atoms with E-state index in [1.807, 2.05) is 32.0 Å². The van der Waals surface area contributed by atoms with E-state index >= 15 is 0 Å². The summed E-state index contributed by atoms with van der Waals surface area (Å²) >= 11 is 15.5. The summed E-state index contributed by atoms with van der Waals surface area (Å²) in [5.41, 5.74) is 1.96. The zero-order valence-electron chi connectivity index (χ0n) is 13.0. The molecule has 0 aliphatic rings. The highest BCUT2D eigenvalue weighted by Gasteiger charge is 2.11. The molecule has 0 fully saturated rings. The van der Waals surface area contributed by atoms with Crippen molar-refractivity contribution < 1.29 is 9.47 Å². The van der Waals surface area contributed by atoms with Crippen LogP contribution in [-0.2, 0) is 6.54 Å². The quantitative estimate of drug-likeness (QED) is 0.583. The number of benzene rings is 2. The minimum Gasteiger partial charge on any atom is -0.490 e. The Morgan fingerprint density at radius 3 is 2.22 bits per heavy atom. The van der Waals surface area contributed by atoms with Crippen LogP contribution < -0.4 is 14.8 Å². The van der Waals surface area contributed by atoms with Crippen molar-refractivity contribution in [3.63, 3.8) is 0 Å². The van der Waals surface area contributed by atoms with E-state index in [-0.39, 0.29) is 0 Å². The highest BCUT2D eigenvalue weighted by Crippen LogP contribution is 2.34. The molecule has 23 heavy (non-hydrogen) atoms. The van der Waals surface area contributed by atoms with Gasteiger partial charge >= 0.3 is 0 Å². The fourth-order valence-corrected chi connectivity index (χ4v) is 2.81. The van der Waals surface area contributed by atoms with Crippen molar-refractivity contribution in [2.24, 2.45) is 0 Å². The Morgan fingerprint density at radius 1 is 0.957 bits per heavy atom. The third-order valence-electron chi connectivity index (χ3n) is 3.12. The average molecular weight is 419 g/mol. The van der Waals surface area contributed by atoms with Gasteiger partial charge in [-0.05, 0) is 49.7 Å². The Morgan fingerprint density at radius 2 is 1.61 bits per heavy atom. The molecule has 3 nitrogen and oxygen atoms in total. The zero-order chi connectivity index (χ0) is 16.8. The second-order valence-corrected chi connectivity index (χ2v) is 6.41. The van der Waals surface area contributed by atoms with Gasteiger partial charge in [-0.3, -0.25) is 0 Å². The van der Waals surface area contributed by atoms with Crippen LogP contribution in [0.5, 0.6) is 11.5 Å². The number of rotatable bonds is 7. The van der Waals surface area contributed by atoms with Gasteiger partial charge < -0.3 is 14.8 Å². The number of anilines is 1. The maximum absolute atomic E-state index is 6.03. The number of nitrogens with one attached hydrogen (secondary N) is 1. The lowest BCUT2D eigenvalue weighted by molar-refractivity contribution is 0.287. The van der Waals surface area contributed by atoms with Crippen LogP contribution in [0.2, 0.25) is 10.0 Å². The molecule has 0 spiro atoms. The monoisotopic (exact) mass is 417 g/mol. The van der Waals surface area contributed by atoms with Gasteiger partial charge in [-0.2, -0.15) is 0 Å². The molecule has 0 bridgehead atoms. The van der Waals surface area contributed by atoms with Gasteiger partial charge in [0.15, 0.2) is 11.5 Å². The van der Waals surface area contributed by atoms with E-state index in [2.05, 4.69) is 21.2 Å². The van der Waals surface area contributed by atoms with Gasteiger partial charge in [0, 0.05) is 16.7 Å². The number of hydrogen-bond donors (Lipinski definition) is 1. The van der Waals surface area contributed by atoms with Crippen LogP contribution >= 0.6 is 39.1 Å². The third-order valence-corrected chi connectivity index (χ3v) is 4.59. The average Bonchev–Trinajstić information content (AvgIpc) is 2.52. The minimum absolute atomic E-state index is 0.525. The molecule has 2 aromatic carbocycles. The molecule has 0 amide bonds. The van der Waals surface area contributed by atoms with E-state index in [1.54, 1.807) is 12.1 Å². The highest BCUT2D eigenvalue weighted by atomic mass is 79.9. The molecule has 0 aliphatic carbocycles. The van der Waals surface area contributed by atoms with Gasteiger partial charge in [0.25, 0.3) is 0 Å². The van der Waals surface area contributed by atoms with Crippen molar-refractivity contribution in [2.75, 3.05) is 18.5 Å². The first-order valence-electron chi connectivity index (χ1n) is 7.32. The largest absolute Gasteiger partial charge is 0.490 e. The fraction of sp³-hybridized carbons (Fsp3) is 0.294. The Kier molecular flexibility index (Phi) is 6.88. The molecule has 0 heterocycles. The molecule has 6 heteroatoms. The van der Waals surface area contributed by atoms with Crippen molar-refractivity contribution in [1.82, 2.24) is 0 Å². The summed E-state index contributed by atoms with van der Waals surface area (Å²) in [7, 11) is 0. The van der Waals surface area contributed by atoms with Gasteiger partial charge in [0.1, 0.15) is 0 Å². The fourth-order valence-electron chi connectivity index (χ4n) is 2.05. The van der Waals surface area contributed by atoms with Gasteiger partial charge in [-0.15, -0.1) is 0 Å². The van der Waals surface area contributed by atoms with Crippen LogP contribution in [0.1, 0.15) is 19.4 Å². The molecule has 0 atom stereocenters. The first-order valence-corrected chi connectivity index (χ1v) is 8.87. The molecule has 0 radical (unpaired) electrons. The normalized spacial score (nSPS) is 10.5. The van der Waals surface area contributed by atoms with Crippen LogP contribution in [0.3, 0.4) is 0 Å². The molecule has 0 aromatic heterocycles. The van der Waals surface area contributed by atoms with E-state index in [9.17, 15) is 0 Å². The van der Waals surface area contributed by atoms with Crippen molar-refractivity contribution >= 4 is 44.8 Å². The van der Waals surface area contributed by atoms with Crippen LogP contribution in [0.4, 0.5) is 5.69 Å². The van der Waals surface area contributed by atoms with E-state index in [0.717, 1.165) is 27.2 Å². The van der Waals surface area contributed by atoms with Gasteiger partial charge in [-0.25, -0.2) is 0 Å². The number of halogens is 3. The summed E-state index contributed by atoms with van der Waals surface area (Å²) in [5.74, 6) is 1.48. The Hall–Kier alpha value is -1.10. The summed E-state index contributed by atoms with van der Waals surface area (Å²) in [6, 6.07) is 9.37. The molecule has 0 unspecified atom stereocenters. The SMILES string of the molecule is CCOc1cc(Br)c(CNc2ccc(Cl)c(Cl)c2)cc1OCC. The number of hydrogen-bond acceptors (Lipinski definition) is 3. The van der Waals surface area contributed by atoms with Crippen molar-refractivity contribution in [3.8, 4) is 11.5 Å². The van der Waals surface area contributed by atoms with E-state index in [1.165, 1.54) is 0 Å². The second-order valence-electron chi connectivity index (χ2n) is 4.74. The van der Waals surface area contributed by atoms with Gasteiger partial charge in [0.05, 0.1) is 23.3 Å². The predicted molar refractivity (Wildman–Crippen MR) is 100 cm³/mol. The summed E-state index contributed by atoms with van der Waals surface area (Å²) in [5, 5.41) is 4.39. The van der Waals surface area contributed by atoms with Crippen molar-refractivity contribution in [1.29, 1.82) is 0 Å². The minimum atomic E-state index is 0.525. The molecule has 2 aromatic rings. The smallest absolute Gasteiger partial charge is 0.162 e. The Labute approximate surface area is 155 Å². The maximum Gasteiger partial charge on any atom is 0.162 e. The summed E-state index contributed by atoms with van der Waals surface area (Å²) < 4.78 is 12.2. The molecule has 1 N–H and O–H groups in total. The maximum atomic E-state index is 6.03. The lowest BCUT2D eigenvalue weighted by atomic mass is 10.2. The Bertz CT molecular complexity index is 680. The standard InChI is InChI=1S/C17H18BrCl2NO2/c1-3-22-16-7-11(13(18)9-17(16)23-4-2)10-21-12-5-6-14(19)15(20)8-12/h5-9,21H,3-4,10H2,1-2H3. The lowest BCUT2D eigenvalue weighted by Gasteiger charge is -2.15. The first kappa shape index (κ1) is 18.2. The molecule has 0 saturated heterocycles. The molecular formula is C17H18BrCl2NO2. The van der Waals surface area contributed by atoms with Gasteiger partial charge in [-0.1, -0.05) is 39.1 Å². The second kappa shape index (κ2) is 8.67. The molecule has 124 valence electrons. The van der Waals surface area contributed by atoms with Crippen molar-refractivity contribution in [3.05, 3.63) is 50.4 Å². The summed E-state index contributed by atoms with van der Waals surface area (Å²) in [6.45, 7) is 5.69. The molecule has 0 aliphatic heterocycles. The van der Waals surface area contributed by atoms with Gasteiger partial charge in [0.2, 0.25) is 0 Å². The summed E-state index contributed by atoms with van der Waals surface area (Å²) in [6.07, 6.45) is 0. The highest BCUT2D eigenvalue weighted by molar-refractivity contribution is 9.10. The van der Waals surface area contributed by atoms with Crippen molar-refractivity contribution in [2.45, 2.75) is 20.4 Å². The topological polar surface area (TPSA) is 30.5 Å². The Balaban J connectivity index is 2.18. The molecule has 0 saturated carbocycles. The predicted octanol–water partition coefficient (Wildman–Crippen LogP) is 6.17. The van der Waals surface area contributed by atoms with E-state index < -0.39 is 0 Å². The van der Waals surface area contributed by atoms with E-state index in [0.29, 0.717) is 29.8 Å². The van der Waals surface area contributed by atoms with E-state index in [4.69, 9.17) is 32.7 Å². The van der Waals surface area contributed by atoms with Crippen LogP contribution in [0.15, 0.2) is 34.8 Å². The van der Waals surface area contributed by atoms with Crippen LogP contribution in [0.25, 0.3) is 0 Å². The van der Waals surface area contributed by atoms with Crippen LogP contribution in [-0.4, -0.2) is 13.2 Å². The zero-order valence-corrected chi connectivity index (χ0v) is 16.1. The van der Waals surface area contributed by atoms with Crippen LogP contribution in [0, 0.1) is 0 Å².